The number of para-hydroxylation sites is 1. The third-order valence-corrected chi connectivity index (χ3v) is 7.98. The van der Waals surface area contributed by atoms with Gasteiger partial charge in [0.15, 0.2) is 0 Å². The lowest BCUT2D eigenvalue weighted by atomic mass is 10.0. The molecule has 0 radical (unpaired) electrons. The molecule has 2 aliphatic heterocycles. The van der Waals surface area contributed by atoms with Gasteiger partial charge in [-0.25, -0.2) is 0 Å². The average Bonchev–Trinajstić information content (AvgIpc) is 3.47. The van der Waals surface area contributed by atoms with E-state index in [0.29, 0.717) is 12.2 Å². The summed E-state index contributed by atoms with van der Waals surface area (Å²) >= 11 is 0. The zero-order chi connectivity index (χ0) is 25.9. The zero-order valence-electron chi connectivity index (χ0n) is 22.4. The Morgan fingerprint density at radius 3 is 2.53 bits per heavy atom. The number of hydrogen-bond acceptors (Lipinski definition) is 5. The van der Waals surface area contributed by atoms with E-state index in [4.69, 9.17) is 4.99 Å². The van der Waals surface area contributed by atoms with Gasteiger partial charge < -0.3 is 9.80 Å². The lowest BCUT2D eigenvalue weighted by molar-refractivity contribution is 0.313. The molecule has 3 aliphatic rings. The van der Waals surface area contributed by atoms with Gasteiger partial charge in [0, 0.05) is 49.0 Å². The highest BCUT2D eigenvalue weighted by Gasteiger charge is 2.54. The summed E-state index contributed by atoms with van der Waals surface area (Å²) in [5.41, 5.74) is 8.74. The van der Waals surface area contributed by atoms with Gasteiger partial charge in [0.1, 0.15) is 0 Å². The van der Waals surface area contributed by atoms with Crippen molar-refractivity contribution >= 4 is 17.6 Å². The van der Waals surface area contributed by atoms with E-state index in [1.807, 2.05) is 6.21 Å². The fourth-order valence-corrected chi connectivity index (χ4v) is 5.68. The Morgan fingerprint density at radius 2 is 1.79 bits per heavy atom. The molecular weight excluding hydrogens is 466 g/mol. The number of benzene rings is 3. The van der Waals surface area contributed by atoms with Crippen LogP contribution in [0.2, 0.25) is 0 Å². The molecule has 0 spiro atoms. The van der Waals surface area contributed by atoms with Crippen molar-refractivity contribution in [3.63, 3.8) is 0 Å². The smallest absolute Gasteiger partial charge is 0.0800 e. The van der Waals surface area contributed by atoms with E-state index in [0.717, 1.165) is 44.7 Å². The number of nitrogens with one attached hydrogen (secondary N) is 1. The van der Waals surface area contributed by atoms with Crippen molar-refractivity contribution in [2.75, 3.05) is 43.2 Å². The Bertz CT molecular complexity index is 1350. The minimum absolute atomic E-state index is 0.565. The Balaban J connectivity index is 1.17. The van der Waals surface area contributed by atoms with Crippen LogP contribution in [0.15, 0.2) is 102 Å². The highest BCUT2D eigenvalue weighted by Crippen LogP contribution is 2.35. The molecular formula is C33H37N5. The van der Waals surface area contributed by atoms with Crippen molar-refractivity contribution in [3.05, 3.63) is 108 Å². The second-order valence-corrected chi connectivity index (χ2v) is 10.5. The summed E-state index contributed by atoms with van der Waals surface area (Å²) in [4.78, 5) is 12.2. The maximum atomic E-state index is 4.91. The van der Waals surface area contributed by atoms with Gasteiger partial charge in [-0.3, -0.25) is 15.2 Å². The summed E-state index contributed by atoms with van der Waals surface area (Å²) < 4.78 is 0. The average molecular weight is 504 g/mol. The highest BCUT2D eigenvalue weighted by molar-refractivity contribution is 5.88. The van der Waals surface area contributed by atoms with Gasteiger partial charge in [0.2, 0.25) is 0 Å². The molecule has 5 nitrogen and oxygen atoms in total. The molecule has 2 fully saturated rings. The molecule has 2 heterocycles. The number of aryl methyl sites for hydroxylation is 1. The molecule has 194 valence electrons. The van der Waals surface area contributed by atoms with Gasteiger partial charge in [0.25, 0.3) is 0 Å². The molecule has 2 saturated heterocycles. The van der Waals surface area contributed by atoms with Crippen LogP contribution in [-0.4, -0.2) is 56.7 Å². The summed E-state index contributed by atoms with van der Waals surface area (Å²) in [7, 11) is 2.14. The van der Waals surface area contributed by atoms with Gasteiger partial charge in [-0.15, -0.1) is 0 Å². The third-order valence-electron chi connectivity index (χ3n) is 7.98. The van der Waals surface area contributed by atoms with Gasteiger partial charge >= 0.3 is 0 Å². The SMILES string of the molecule is Cc1cc(-c2ccccc2)ccc1N(CCN=Cc1ccccc1N(C)C1=CCCC=C1)CC1C2NCN12. The molecule has 6 rings (SSSR count). The van der Waals surface area contributed by atoms with Crippen LogP contribution in [0.25, 0.3) is 11.1 Å². The van der Waals surface area contributed by atoms with E-state index in [2.05, 4.69) is 125 Å². The normalized spacial score (nSPS) is 21.5. The molecule has 3 unspecified atom stereocenters. The predicted molar refractivity (Wildman–Crippen MR) is 160 cm³/mol. The summed E-state index contributed by atoms with van der Waals surface area (Å²) in [6, 6.07) is 26.6. The van der Waals surface area contributed by atoms with Crippen molar-refractivity contribution < 1.29 is 0 Å². The van der Waals surface area contributed by atoms with Crippen LogP contribution in [0.5, 0.6) is 0 Å². The maximum absolute atomic E-state index is 4.91. The van der Waals surface area contributed by atoms with Crippen LogP contribution >= 0.6 is 0 Å². The largest absolute Gasteiger partial charge is 0.368 e. The van der Waals surface area contributed by atoms with Crippen LogP contribution in [0.1, 0.15) is 24.0 Å². The molecule has 3 aromatic carbocycles. The molecule has 0 bridgehead atoms. The Kier molecular flexibility index (Phi) is 7.12. The van der Waals surface area contributed by atoms with E-state index >= 15 is 0 Å². The first-order valence-electron chi connectivity index (χ1n) is 13.8. The summed E-state index contributed by atoms with van der Waals surface area (Å²) in [6.45, 7) is 5.93. The number of likely N-dealkylation sites (N-methyl/N-ethyl adjacent to an activating group) is 1. The topological polar surface area (TPSA) is 33.9 Å². The van der Waals surface area contributed by atoms with Crippen LogP contribution in [-0.2, 0) is 0 Å². The quantitative estimate of drug-likeness (QED) is 0.279. The van der Waals surface area contributed by atoms with E-state index in [1.165, 1.54) is 33.8 Å². The number of rotatable bonds is 10. The first-order chi connectivity index (χ1) is 18.7. The van der Waals surface area contributed by atoms with E-state index in [-0.39, 0.29) is 0 Å². The molecule has 3 atom stereocenters. The molecule has 0 aromatic heterocycles. The van der Waals surface area contributed by atoms with Crippen molar-refractivity contribution in [3.8, 4) is 11.1 Å². The minimum atomic E-state index is 0.565. The van der Waals surface area contributed by atoms with Gasteiger partial charge in [-0.1, -0.05) is 66.7 Å². The second-order valence-electron chi connectivity index (χ2n) is 10.5. The van der Waals surface area contributed by atoms with Crippen molar-refractivity contribution in [1.29, 1.82) is 0 Å². The Labute approximate surface area is 226 Å². The Hall–Kier alpha value is -3.67. The number of nitrogens with zero attached hydrogens (tertiary/aromatic N) is 4. The first kappa shape index (κ1) is 24.7. The molecule has 3 aromatic rings. The maximum Gasteiger partial charge on any atom is 0.0800 e. The summed E-state index contributed by atoms with van der Waals surface area (Å²) in [5, 5.41) is 3.52. The fraction of sp³-hybridized carbons (Fsp3) is 0.303. The van der Waals surface area contributed by atoms with E-state index in [1.54, 1.807) is 0 Å². The molecule has 1 N–H and O–H groups in total. The lowest BCUT2D eigenvalue weighted by Crippen LogP contribution is -2.38. The van der Waals surface area contributed by atoms with Crippen molar-refractivity contribution in [1.82, 2.24) is 10.2 Å². The molecule has 38 heavy (non-hydrogen) atoms. The molecule has 1 aliphatic carbocycles. The molecule has 0 amide bonds. The standard InChI is InChI=1S/C33H37N5/c1-25-21-27(26-11-5-3-6-12-26)17-18-30(25)37(23-32-33-35-24-38(32)33)20-19-34-22-28-13-9-10-16-31(28)36(2)29-14-7-4-8-15-29/h3,5-7,9-18,21-22,32-33,35H,4,8,19-20,23-24H2,1-2H3. The molecule has 5 heteroatoms. The van der Waals surface area contributed by atoms with E-state index < -0.39 is 0 Å². The number of fused-ring (bicyclic) bond motifs is 1. The van der Waals surface area contributed by atoms with E-state index in [9.17, 15) is 0 Å². The number of allylic oxidation sites excluding steroid dienone is 3. The van der Waals surface area contributed by atoms with Crippen LogP contribution < -0.4 is 15.1 Å². The minimum Gasteiger partial charge on any atom is -0.368 e. The predicted octanol–water partition coefficient (Wildman–Crippen LogP) is 5.83. The molecule has 0 saturated carbocycles. The van der Waals surface area contributed by atoms with Crippen LogP contribution in [0.3, 0.4) is 0 Å². The van der Waals surface area contributed by atoms with Gasteiger partial charge in [0.05, 0.1) is 25.4 Å². The van der Waals surface area contributed by atoms with Gasteiger partial charge in [-0.05, 0) is 60.7 Å². The first-order valence-corrected chi connectivity index (χ1v) is 13.8. The van der Waals surface area contributed by atoms with Crippen LogP contribution in [0.4, 0.5) is 11.4 Å². The summed E-state index contributed by atoms with van der Waals surface area (Å²) in [5.74, 6) is 0. The summed E-state index contributed by atoms with van der Waals surface area (Å²) in [6.07, 6.45) is 11.6. The fourth-order valence-electron chi connectivity index (χ4n) is 5.68. The number of hydrogen-bond donors (Lipinski definition) is 1. The third kappa shape index (κ3) is 5.17. The second kappa shape index (κ2) is 11.0. The van der Waals surface area contributed by atoms with Crippen LogP contribution in [0, 0.1) is 6.92 Å². The lowest BCUT2D eigenvalue weighted by Gasteiger charge is -2.26. The highest BCUT2D eigenvalue weighted by atomic mass is 15.6. The number of aliphatic imine (C=N–C) groups is 1. The van der Waals surface area contributed by atoms with Crippen molar-refractivity contribution in [2.24, 2.45) is 4.99 Å². The van der Waals surface area contributed by atoms with Crippen molar-refractivity contribution in [2.45, 2.75) is 32.0 Å². The zero-order valence-corrected chi connectivity index (χ0v) is 22.4. The monoisotopic (exact) mass is 503 g/mol. The number of anilines is 2. The van der Waals surface area contributed by atoms with Gasteiger partial charge in [-0.2, -0.15) is 0 Å². The Morgan fingerprint density at radius 1 is 0.974 bits per heavy atom.